The minimum absolute atomic E-state index is 0.0132. The van der Waals surface area contributed by atoms with Gasteiger partial charge >= 0.3 is 0 Å². The number of benzene rings is 1. The molecule has 1 rings (SSSR count). The Morgan fingerprint density at radius 3 is 2.72 bits per heavy atom. The predicted octanol–water partition coefficient (Wildman–Crippen LogP) is 1.26. The van der Waals surface area contributed by atoms with E-state index >= 15 is 0 Å². The van der Waals surface area contributed by atoms with Gasteiger partial charge < -0.3 is 20.9 Å². The number of ether oxygens (including phenoxy) is 1. The van der Waals surface area contributed by atoms with Crippen LogP contribution in [0.2, 0.25) is 0 Å². The molecular weight excluding hydrogens is 232 g/mol. The number of methoxy groups -OCH3 is 1. The molecule has 0 aliphatic heterocycles. The number of rotatable bonds is 5. The number of hydrogen-bond acceptors (Lipinski definition) is 4. The molecule has 0 radical (unpaired) electrons. The van der Waals surface area contributed by atoms with Gasteiger partial charge in [0, 0.05) is 12.1 Å². The lowest BCUT2D eigenvalue weighted by Gasteiger charge is -2.16. The van der Waals surface area contributed by atoms with Crippen molar-refractivity contribution < 1.29 is 14.6 Å². The summed E-state index contributed by atoms with van der Waals surface area (Å²) in [6.07, 6.45) is 0.677. The third-order valence-corrected chi connectivity index (χ3v) is 2.57. The topological polar surface area (TPSA) is 84.6 Å². The minimum atomic E-state index is -0.334. The number of phenols is 1. The smallest absolute Gasteiger partial charge is 0.255 e. The molecule has 0 heterocycles. The maximum Gasteiger partial charge on any atom is 0.255 e. The fourth-order valence-electron chi connectivity index (χ4n) is 1.79. The number of carbonyl (C=O) groups is 1. The van der Waals surface area contributed by atoms with Gasteiger partial charge in [-0.2, -0.15) is 0 Å². The molecular formula is C13H20N2O3. The molecule has 5 heteroatoms. The average Bonchev–Trinajstić information content (AvgIpc) is 2.27. The Labute approximate surface area is 107 Å². The molecule has 2 unspecified atom stereocenters. The highest BCUT2D eigenvalue weighted by molar-refractivity contribution is 5.97. The summed E-state index contributed by atoms with van der Waals surface area (Å²) in [6, 6.07) is 4.76. The average molecular weight is 252 g/mol. The van der Waals surface area contributed by atoms with Crippen molar-refractivity contribution in [2.24, 2.45) is 5.73 Å². The largest absolute Gasteiger partial charge is 0.504 e. The van der Waals surface area contributed by atoms with Gasteiger partial charge in [-0.3, -0.25) is 4.79 Å². The number of amides is 1. The number of nitrogens with one attached hydrogen (secondary N) is 1. The molecule has 0 fully saturated rings. The van der Waals surface area contributed by atoms with E-state index in [1.807, 2.05) is 13.8 Å². The maximum atomic E-state index is 12.0. The first-order valence-corrected chi connectivity index (χ1v) is 5.88. The molecule has 0 aliphatic rings. The molecule has 0 saturated heterocycles. The normalized spacial score (nSPS) is 13.8. The van der Waals surface area contributed by atoms with E-state index < -0.39 is 0 Å². The van der Waals surface area contributed by atoms with Crippen LogP contribution in [0.3, 0.4) is 0 Å². The van der Waals surface area contributed by atoms with Crippen LogP contribution in [0.4, 0.5) is 0 Å². The second-order valence-corrected chi connectivity index (χ2v) is 4.44. The molecule has 4 N–H and O–H groups in total. The summed E-state index contributed by atoms with van der Waals surface area (Å²) in [6.45, 7) is 3.75. The van der Waals surface area contributed by atoms with Crippen LogP contribution in [0.15, 0.2) is 18.2 Å². The molecule has 0 saturated carbocycles. The lowest BCUT2D eigenvalue weighted by atomic mass is 10.1. The second-order valence-electron chi connectivity index (χ2n) is 4.44. The van der Waals surface area contributed by atoms with Crippen LogP contribution in [0, 0.1) is 0 Å². The quantitative estimate of drug-likeness (QED) is 0.736. The first-order valence-electron chi connectivity index (χ1n) is 5.88. The van der Waals surface area contributed by atoms with Gasteiger partial charge in [0.25, 0.3) is 5.91 Å². The summed E-state index contributed by atoms with van der Waals surface area (Å²) in [5.41, 5.74) is 5.86. The fourth-order valence-corrected chi connectivity index (χ4v) is 1.79. The highest BCUT2D eigenvalue weighted by atomic mass is 16.5. The lowest BCUT2D eigenvalue weighted by molar-refractivity contribution is 0.0934. The molecule has 0 spiro atoms. The van der Waals surface area contributed by atoms with Crippen molar-refractivity contribution in [2.45, 2.75) is 32.4 Å². The molecule has 1 amide bonds. The molecule has 1 aromatic rings. The van der Waals surface area contributed by atoms with Crippen molar-refractivity contribution in [1.82, 2.24) is 5.32 Å². The van der Waals surface area contributed by atoms with E-state index in [4.69, 9.17) is 10.5 Å². The molecule has 0 bridgehead atoms. The van der Waals surface area contributed by atoms with Crippen molar-refractivity contribution in [3.63, 3.8) is 0 Å². The SMILES string of the molecule is COc1cccc(C(=O)NC(C)CC(C)N)c1O. The van der Waals surface area contributed by atoms with Gasteiger partial charge in [-0.1, -0.05) is 6.07 Å². The summed E-state index contributed by atoms with van der Waals surface area (Å²) in [5.74, 6) is -0.201. The van der Waals surface area contributed by atoms with Crippen LogP contribution in [0.5, 0.6) is 11.5 Å². The lowest BCUT2D eigenvalue weighted by Crippen LogP contribution is -2.36. The highest BCUT2D eigenvalue weighted by Crippen LogP contribution is 2.29. The van der Waals surface area contributed by atoms with Crippen LogP contribution in [0.25, 0.3) is 0 Å². The zero-order valence-electron chi connectivity index (χ0n) is 10.9. The van der Waals surface area contributed by atoms with Crippen LogP contribution in [-0.4, -0.2) is 30.2 Å². The first-order chi connectivity index (χ1) is 8.45. The van der Waals surface area contributed by atoms with Gasteiger partial charge in [0.1, 0.15) is 0 Å². The molecule has 0 aromatic heterocycles. The van der Waals surface area contributed by atoms with E-state index in [0.29, 0.717) is 6.42 Å². The van der Waals surface area contributed by atoms with E-state index in [0.717, 1.165) is 0 Å². The summed E-state index contributed by atoms with van der Waals surface area (Å²) in [7, 11) is 1.44. The van der Waals surface area contributed by atoms with Crippen LogP contribution >= 0.6 is 0 Å². The van der Waals surface area contributed by atoms with E-state index in [1.54, 1.807) is 18.2 Å². The maximum absolute atomic E-state index is 12.0. The molecule has 100 valence electrons. The zero-order chi connectivity index (χ0) is 13.7. The standard InChI is InChI=1S/C13H20N2O3/c1-8(14)7-9(2)15-13(17)10-5-4-6-11(18-3)12(10)16/h4-6,8-9,16H,7,14H2,1-3H3,(H,15,17). The summed E-state index contributed by atoms with van der Waals surface area (Å²) < 4.78 is 4.96. The Morgan fingerprint density at radius 1 is 1.50 bits per heavy atom. The monoisotopic (exact) mass is 252 g/mol. The summed E-state index contributed by atoms with van der Waals surface area (Å²) in [5, 5.41) is 12.6. The van der Waals surface area contributed by atoms with Crippen LogP contribution in [-0.2, 0) is 0 Å². The molecule has 5 nitrogen and oxygen atoms in total. The first kappa shape index (κ1) is 14.3. The van der Waals surface area contributed by atoms with Crippen molar-refractivity contribution in [3.05, 3.63) is 23.8 Å². The van der Waals surface area contributed by atoms with Gasteiger partial charge in [-0.15, -0.1) is 0 Å². The Hall–Kier alpha value is -1.75. The Balaban J connectivity index is 2.78. The Kier molecular flexibility index (Phi) is 4.97. The number of aromatic hydroxyl groups is 1. The third-order valence-electron chi connectivity index (χ3n) is 2.57. The van der Waals surface area contributed by atoms with Gasteiger partial charge in [-0.05, 0) is 32.4 Å². The van der Waals surface area contributed by atoms with E-state index in [1.165, 1.54) is 7.11 Å². The van der Waals surface area contributed by atoms with Gasteiger partial charge in [0.05, 0.1) is 12.7 Å². The number of carbonyl (C=O) groups excluding carboxylic acids is 1. The third kappa shape index (κ3) is 3.63. The van der Waals surface area contributed by atoms with E-state index in [9.17, 15) is 9.90 Å². The molecule has 2 atom stereocenters. The van der Waals surface area contributed by atoms with Crippen LogP contribution in [0.1, 0.15) is 30.6 Å². The van der Waals surface area contributed by atoms with Gasteiger partial charge in [0.2, 0.25) is 0 Å². The molecule has 0 aliphatic carbocycles. The van der Waals surface area contributed by atoms with E-state index in [-0.39, 0.29) is 35.1 Å². The fraction of sp³-hybridized carbons (Fsp3) is 0.462. The zero-order valence-corrected chi connectivity index (χ0v) is 10.9. The number of phenolic OH excluding ortho intramolecular Hbond substituents is 1. The summed E-state index contributed by atoms with van der Waals surface area (Å²) in [4.78, 5) is 12.0. The minimum Gasteiger partial charge on any atom is -0.504 e. The molecule has 18 heavy (non-hydrogen) atoms. The molecule has 1 aromatic carbocycles. The van der Waals surface area contributed by atoms with Gasteiger partial charge in [0.15, 0.2) is 11.5 Å². The Bertz CT molecular complexity index is 419. The van der Waals surface area contributed by atoms with Crippen molar-refractivity contribution in [1.29, 1.82) is 0 Å². The number of hydrogen-bond donors (Lipinski definition) is 3. The second kappa shape index (κ2) is 6.26. The predicted molar refractivity (Wildman–Crippen MR) is 69.9 cm³/mol. The Morgan fingerprint density at radius 2 is 2.17 bits per heavy atom. The van der Waals surface area contributed by atoms with Crippen molar-refractivity contribution in [3.8, 4) is 11.5 Å². The highest BCUT2D eigenvalue weighted by Gasteiger charge is 2.16. The van der Waals surface area contributed by atoms with Crippen molar-refractivity contribution in [2.75, 3.05) is 7.11 Å². The van der Waals surface area contributed by atoms with Gasteiger partial charge in [-0.25, -0.2) is 0 Å². The van der Waals surface area contributed by atoms with Crippen molar-refractivity contribution >= 4 is 5.91 Å². The van der Waals surface area contributed by atoms with E-state index in [2.05, 4.69) is 5.32 Å². The number of nitrogens with two attached hydrogens (primary N) is 1. The van der Waals surface area contributed by atoms with Crippen LogP contribution < -0.4 is 15.8 Å². The number of para-hydroxylation sites is 1. The summed E-state index contributed by atoms with van der Waals surface area (Å²) >= 11 is 0.